The van der Waals surface area contributed by atoms with E-state index in [0.29, 0.717) is 0 Å². The molecule has 1 aliphatic heterocycles. The van der Waals surface area contributed by atoms with Crippen molar-refractivity contribution in [3.63, 3.8) is 0 Å². The van der Waals surface area contributed by atoms with Crippen LogP contribution in [0.2, 0.25) is 0 Å². The fourth-order valence-electron chi connectivity index (χ4n) is 3.60. The quantitative estimate of drug-likeness (QED) is 0.551. The molecule has 27 heavy (non-hydrogen) atoms. The van der Waals surface area contributed by atoms with Crippen molar-refractivity contribution >= 4 is 11.6 Å². The number of piperazine rings is 1. The van der Waals surface area contributed by atoms with Crippen molar-refractivity contribution in [2.45, 2.75) is 18.9 Å². The van der Waals surface area contributed by atoms with E-state index < -0.39 is 0 Å². The van der Waals surface area contributed by atoms with Crippen LogP contribution in [0.25, 0.3) is 0 Å². The van der Waals surface area contributed by atoms with E-state index >= 15 is 0 Å². The first-order valence-corrected chi connectivity index (χ1v) is 9.90. The van der Waals surface area contributed by atoms with E-state index in [1.807, 2.05) is 19.2 Å². The Morgan fingerprint density at radius 1 is 1.19 bits per heavy atom. The molecule has 0 aromatic heterocycles. The third-order valence-electron chi connectivity index (χ3n) is 5.31. The van der Waals surface area contributed by atoms with Gasteiger partial charge >= 0.3 is 0 Å². The number of hydrogen-bond donors (Lipinski definition) is 1. The van der Waals surface area contributed by atoms with E-state index in [9.17, 15) is 4.39 Å². The molecule has 0 unspecified atom stereocenters. The van der Waals surface area contributed by atoms with Crippen LogP contribution in [0.1, 0.15) is 12.8 Å². The first kappa shape index (κ1) is 19.9. The summed E-state index contributed by atoms with van der Waals surface area (Å²) in [5.41, 5.74) is 1.08. The fraction of sp³-hybridized carbons (Fsp3) is 0.650. The lowest BCUT2D eigenvalue weighted by Crippen LogP contribution is -2.53. The molecule has 6 nitrogen and oxygen atoms in total. The fourth-order valence-corrected chi connectivity index (χ4v) is 3.60. The molecule has 1 aromatic carbocycles. The minimum atomic E-state index is -0.187. The molecule has 1 N–H and O–H groups in total. The van der Waals surface area contributed by atoms with Gasteiger partial charge in [0, 0.05) is 71.7 Å². The summed E-state index contributed by atoms with van der Waals surface area (Å²) >= 11 is 0. The lowest BCUT2D eigenvalue weighted by molar-refractivity contribution is 0.144. The largest absolute Gasteiger partial charge is 0.383 e. The van der Waals surface area contributed by atoms with Crippen molar-refractivity contribution in [3.05, 3.63) is 30.1 Å². The Hall–Kier alpha value is -1.86. The third-order valence-corrected chi connectivity index (χ3v) is 5.31. The number of nitrogens with zero attached hydrogens (tertiary/aromatic N) is 4. The van der Waals surface area contributed by atoms with Crippen LogP contribution in [-0.4, -0.2) is 88.4 Å². The first-order valence-electron chi connectivity index (χ1n) is 9.90. The van der Waals surface area contributed by atoms with Crippen LogP contribution in [0.5, 0.6) is 0 Å². The van der Waals surface area contributed by atoms with E-state index in [0.717, 1.165) is 70.1 Å². The van der Waals surface area contributed by atoms with E-state index in [1.165, 1.54) is 25.0 Å². The summed E-state index contributed by atoms with van der Waals surface area (Å²) in [6.45, 7) is 7.34. The number of aliphatic imine (C=N–C) groups is 1. The monoisotopic (exact) mass is 377 g/mol. The van der Waals surface area contributed by atoms with Crippen molar-refractivity contribution in [1.82, 2.24) is 15.1 Å². The van der Waals surface area contributed by atoms with Gasteiger partial charge in [-0.1, -0.05) is 0 Å². The van der Waals surface area contributed by atoms with Gasteiger partial charge in [0.25, 0.3) is 0 Å². The van der Waals surface area contributed by atoms with Gasteiger partial charge in [0.05, 0.1) is 6.61 Å². The molecule has 3 rings (SSSR count). The molecule has 0 atom stereocenters. The smallest absolute Gasteiger partial charge is 0.193 e. The second-order valence-electron chi connectivity index (χ2n) is 7.18. The summed E-state index contributed by atoms with van der Waals surface area (Å²) in [7, 11) is 3.61. The summed E-state index contributed by atoms with van der Waals surface area (Å²) in [6.07, 6.45) is 2.62. The normalized spacial score (nSPS) is 18.3. The number of rotatable bonds is 8. The summed E-state index contributed by atoms with van der Waals surface area (Å²) in [5.74, 6) is 0.781. The molecule has 0 radical (unpaired) electrons. The van der Waals surface area contributed by atoms with Crippen LogP contribution in [0.15, 0.2) is 29.3 Å². The van der Waals surface area contributed by atoms with Gasteiger partial charge in [-0.15, -0.1) is 0 Å². The first-order chi connectivity index (χ1) is 13.2. The summed E-state index contributed by atoms with van der Waals surface area (Å²) < 4.78 is 18.3. The van der Waals surface area contributed by atoms with Gasteiger partial charge < -0.3 is 19.9 Å². The van der Waals surface area contributed by atoms with E-state index in [-0.39, 0.29) is 5.82 Å². The molecule has 0 spiro atoms. The summed E-state index contributed by atoms with van der Waals surface area (Å²) in [4.78, 5) is 11.6. The zero-order chi connectivity index (χ0) is 19.1. The Bertz CT molecular complexity index is 597. The van der Waals surface area contributed by atoms with Crippen LogP contribution in [0, 0.1) is 5.82 Å². The second-order valence-corrected chi connectivity index (χ2v) is 7.18. The predicted molar refractivity (Wildman–Crippen MR) is 108 cm³/mol. The Morgan fingerprint density at radius 2 is 1.89 bits per heavy atom. The maximum Gasteiger partial charge on any atom is 0.193 e. The van der Waals surface area contributed by atoms with Crippen molar-refractivity contribution in [3.8, 4) is 0 Å². The zero-order valence-electron chi connectivity index (χ0n) is 16.5. The molecule has 1 saturated heterocycles. The number of ether oxygens (including phenoxy) is 1. The number of guanidine groups is 1. The number of hydrogen-bond acceptors (Lipinski definition) is 4. The molecular formula is C20H32FN5O. The van der Waals surface area contributed by atoms with Crippen molar-refractivity contribution in [1.29, 1.82) is 0 Å². The maximum absolute atomic E-state index is 13.1. The Kier molecular flexibility index (Phi) is 7.29. The van der Waals surface area contributed by atoms with Crippen LogP contribution >= 0.6 is 0 Å². The average molecular weight is 378 g/mol. The average Bonchev–Trinajstić information content (AvgIpc) is 3.54. The van der Waals surface area contributed by atoms with Crippen molar-refractivity contribution in [2.24, 2.45) is 4.99 Å². The highest BCUT2D eigenvalue weighted by Crippen LogP contribution is 2.26. The Morgan fingerprint density at radius 3 is 2.48 bits per heavy atom. The number of benzene rings is 1. The molecule has 150 valence electrons. The number of halogens is 1. The van der Waals surface area contributed by atoms with Crippen molar-refractivity contribution < 1.29 is 9.13 Å². The van der Waals surface area contributed by atoms with Gasteiger partial charge in [0.15, 0.2) is 5.96 Å². The Balaban J connectivity index is 1.42. The molecule has 0 bridgehead atoms. The minimum absolute atomic E-state index is 0.187. The minimum Gasteiger partial charge on any atom is -0.383 e. The topological polar surface area (TPSA) is 43.3 Å². The van der Waals surface area contributed by atoms with Gasteiger partial charge in [0.1, 0.15) is 5.82 Å². The molecule has 1 aromatic rings. The van der Waals surface area contributed by atoms with Gasteiger partial charge in [-0.3, -0.25) is 9.89 Å². The SMILES string of the molecule is CN=C(NCCN(CCOC)C1CC1)N1CCN(c2ccc(F)cc2)CC1. The Labute approximate surface area is 162 Å². The zero-order valence-corrected chi connectivity index (χ0v) is 16.5. The van der Waals surface area contributed by atoms with E-state index in [4.69, 9.17) is 4.74 Å². The van der Waals surface area contributed by atoms with Gasteiger partial charge in [-0.05, 0) is 37.1 Å². The van der Waals surface area contributed by atoms with Gasteiger partial charge in [-0.25, -0.2) is 4.39 Å². The maximum atomic E-state index is 13.1. The van der Waals surface area contributed by atoms with Crippen LogP contribution in [0.4, 0.5) is 10.1 Å². The summed E-state index contributed by atoms with van der Waals surface area (Å²) in [6, 6.07) is 7.49. The highest BCUT2D eigenvalue weighted by molar-refractivity contribution is 5.80. The number of methoxy groups -OCH3 is 1. The summed E-state index contributed by atoms with van der Waals surface area (Å²) in [5, 5.41) is 3.52. The molecule has 1 saturated carbocycles. The van der Waals surface area contributed by atoms with Gasteiger partial charge in [0.2, 0.25) is 0 Å². The molecule has 0 amide bonds. The van der Waals surface area contributed by atoms with E-state index in [2.05, 4.69) is 25.0 Å². The van der Waals surface area contributed by atoms with Crippen LogP contribution < -0.4 is 10.2 Å². The van der Waals surface area contributed by atoms with Gasteiger partial charge in [-0.2, -0.15) is 0 Å². The lowest BCUT2D eigenvalue weighted by atomic mass is 10.2. The number of nitrogens with one attached hydrogen (secondary N) is 1. The van der Waals surface area contributed by atoms with Crippen molar-refractivity contribution in [2.75, 3.05) is 71.5 Å². The highest BCUT2D eigenvalue weighted by atomic mass is 19.1. The van der Waals surface area contributed by atoms with Crippen LogP contribution in [0.3, 0.4) is 0 Å². The molecule has 2 aliphatic rings. The van der Waals surface area contributed by atoms with E-state index in [1.54, 1.807) is 7.11 Å². The standard InChI is InChI=1S/C20H32FN5O/c1-22-20(23-9-10-24(15-16-27-2)19-7-8-19)26-13-11-25(12-14-26)18-5-3-17(21)4-6-18/h3-6,19H,7-16H2,1-2H3,(H,22,23). The predicted octanol–water partition coefficient (Wildman–Crippen LogP) is 1.63. The lowest BCUT2D eigenvalue weighted by Gasteiger charge is -2.37. The third kappa shape index (κ3) is 5.81. The molecule has 1 aliphatic carbocycles. The highest BCUT2D eigenvalue weighted by Gasteiger charge is 2.28. The molecule has 1 heterocycles. The number of anilines is 1. The van der Waals surface area contributed by atoms with Crippen LogP contribution in [-0.2, 0) is 4.74 Å². The second kappa shape index (κ2) is 9.90. The molecule has 7 heteroatoms. The molecule has 2 fully saturated rings. The molecular weight excluding hydrogens is 345 g/mol.